The quantitative estimate of drug-likeness (QED) is 0.697. The van der Waals surface area contributed by atoms with Crippen molar-refractivity contribution < 1.29 is 4.79 Å². The third-order valence-corrected chi connectivity index (χ3v) is 3.38. The molecule has 1 amide bonds. The van der Waals surface area contributed by atoms with Crippen LogP contribution in [-0.2, 0) is 4.79 Å². The Morgan fingerprint density at radius 3 is 2.56 bits per heavy atom. The van der Waals surface area contributed by atoms with Crippen LogP contribution in [0.1, 0.15) is 33.1 Å². The fourth-order valence-corrected chi connectivity index (χ4v) is 2.12. The Hall–Kier alpha value is -0.610. The first-order valence-corrected chi connectivity index (χ1v) is 6.37. The summed E-state index contributed by atoms with van der Waals surface area (Å²) in [4.78, 5) is 14.1. The predicted octanol–water partition coefficient (Wildman–Crippen LogP) is 0.572. The van der Waals surface area contributed by atoms with Crippen molar-refractivity contribution in [2.75, 3.05) is 26.2 Å². The summed E-state index contributed by atoms with van der Waals surface area (Å²) in [5, 5.41) is 3.01. The second-order valence-corrected chi connectivity index (χ2v) is 4.82. The van der Waals surface area contributed by atoms with Crippen molar-refractivity contribution in [1.82, 2.24) is 10.2 Å². The lowest BCUT2D eigenvalue weighted by Gasteiger charge is -2.24. The number of nitrogens with one attached hydrogen (secondary N) is 1. The Balaban J connectivity index is 2.19. The maximum atomic E-state index is 11.7. The van der Waals surface area contributed by atoms with Gasteiger partial charge in [0, 0.05) is 18.5 Å². The molecule has 1 saturated heterocycles. The summed E-state index contributed by atoms with van der Waals surface area (Å²) in [5.74, 6) is 0.173. The van der Waals surface area contributed by atoms with Crippen LogP contribution in [-0.4, -0.2) is 43.0 Å². The molecule has 0 aromatic rings. The molecule has 1 heterocycles. The van der Waals surface area contributed by atoms with Gasteiger partial charge in [0.15, 0.2) is 0 Å². The minimum Gasteiger partial charge on any atom is -0.354 e. The second-order valence-electron chi connectivity index (χ2n) is 4.82. The Bertz CT molecular complexity index is 214. The van der Waals surface area contributed by atoms with E-state index in [2.05, 4.69) is 17.1 Å². The van der Waals surface area contributed by atoms with Crippen LogP contribution < -0.4 is 11.1 Å². The van der Waals surface area contributed by atoms with E-state index in [9.17, 15) is 4.79 Å². The Morgan fingerprint density at radius 2 is 2.00 bits per heavy atom. The number of amides is 1. The van der Waals surface area contributed by atoms with Gasteiger partial charge in [-0.15, -0.1) is 0 Å². The molecule has 0 saturated carbocycles. The van der Waals surface area contributed by atoms with Crippen molar-refractivity contribution >= 4 is 5.91 Å². The molecular weight excluding hydrogens is 202 g/mol. The molecule has 0 aromatic carbocycles. The monoisotopic (exact) mass is 227 g/mol. The van der Waals surface area contributed by atoms with E-state index in [1.165, 1.54) is 25.9 Å². The normalized spacial score (nSPS) is 20.7. The molecule has 2 atom stereocenters. The second kappa shape index (κ2) is 6.86. The van der Waals surface area contributed by atoms with Gasteiger partial charge in [-0.25, -0.2) is 0 Å². The lowest BCUT2D eigenvalue weighted by molar-refractivity contribution is -0.124. The Labute approximate surface area is 98.6 Å². The number of rotatable bonds is 6. The topological polar surface area (TPSA) is 58.4 Å². The van der Waals surface area contributed by atoms with Crippen molar-refractivity contribution in [1.29, 1.82) is 0 Å². The van der Waals surface area contributed by atoms with E-state index in [1.807, 2.05) is 6.92 Å². The number of carbonyl (C=O) groups excluding carboxylic acids is 1. The average Bonchev–Trinajstić information content (AvgIpc) is 2.79. The fourth-order valence-electron chi connectivity index (χ4n) is 2.12. The summed E-state index contributed by atoms with van der Waals surface area (Å²) in [7, 11) is 0. The molecule has 3 N–H and O–H groups in total. The van der Waals surface area contributed by atoms with Gasteiger partial charge in [0.1, 0.15) is 0 Å². The number of nitrogens with zero attached hydrogens (tertiary/aromatic N) is 1. The van der Waals surface area contributed by atoms with E-state index in [1.54, 1.807) is 0 Å². The average molecular weight is 227 g/mol. The van der Waals surface area contributed by atoms with Crippen LogP contribution in [0.25, 0.3) is 0 Å². The van der Waals surface area contributed by atoms with Crippen LogP contribution in [0.5, 0.6) is 0 Å². The highest BCUT2D eigenvalue weighted by atomic mass is 16.1. The summed E-state index contributed by atoms with van der Waals surface area (Å²) >= 11 is 0. The predicted molar refractivity (Wildman–Crippen MR) is 66.1 cm³/mol. The SMILES string of the molecule is CC(CCN)C(=O)NCC(C)N1CCCC1. The van der Waals surface area contributed by atoms with Crippen LogP contribution in [0.3, 0.4) is 0 Å². The molecular formula is C12H25N3O. The molecule has 2 unspecified atom stereocenters. The van der Waals surface area contributed by atoms with Crippen molar-refractivity contribution in [2.45, 2.75) is 39.2 Å². The number of carbonyl (C=O) groups is 1. The van der Waals surface area contributed by atoms with Gasteiger partial charge in [0.05, 0.1) is 0 Å². The molecule has 0 aromatic heterocycles. The Kier molecular flexibility index (Phi) is 5.77. The van der Waals surface area contributed by atoms with Crippen molar-refractivity contribution in [3.05, 3.63) is 0 Å². The highest BCUT2D eigenvalue weighted by Crippen LogP contribution is 2.11. The van der Waals surface area contributed by atoms with Crippen LogP contribution in [0.15, 0.2) is 0 Å². The van der Waals surface area contributed by atoms with Gasteiger partial charge in [-0.05, 0) is 45.8 Å². The standard InChI is InChI=1S/C12H25N3O/c1-10(5-6-13)12(16)14-9-11(2)15-7-3-4-8-15/h10-11H,3-9,13H2,1-2H3,(H,14,16). The number of hydrogen-bond donors (Lipinski definition) is 2. The molecule has 4 nitrogen and oxygen atoms in total. The van der Waals surface area contributed by atoms with E-state index in [0.29, 0.717) is 12.6 Å². The first-order valence-electron chi connectivity index (χ1n) is 6.37. The zero-order chi connectivity index (χ0) is 12.0. The minimum absolute atomic E-state index is 0.0378. The van der Waals surface area contributed by atoms with Gasteiger partial charge in [-0.2, -0.15) is 0 Å². The number of hydrogen-bond acceptors (Lipinski definition) is 3. The van der Waals surface area contributed by atoms with Gasteiger partial charge >= 0.3 is 0 Å². The first kappa shape index (κ1) is 13.5. The largest absolute Gasteiger partial charge is 0.354 e. The first-order chi connectivity index (χ1) is 7.65. The molecule has 1 rings (SSSR count). The minimum atomic E-state index is 0.0378. The lowest BCUT2D eigenvalue weighted by atomic mass is 10.1. The van der Waals surface area contributed by atoms with Crippen LogP contribution in [0, 0.1) is 5.92 Å². The van der Waals surface area contributed by atoms with Crippen molar-refractivity contribution in [3.8, 4) is 0 Å². The van der Waals surface area contributed by atoms with Gasteiger partial charge in [-0.3, -0.25) is 9.69 Å². The van der Waals surface area contributed by atoms with Crippen LogP contribution in [0.2, 0.25) is 0 Å². The lowest BCUT2D eigenvalue weighted by Crippen LogP contribution is -2.42. The van der Waals surface area contributed by atoms with Gasteiger partial charge in [-0.1, -0.05) is 6.92 Å². The maximum absolute atomic E-state index is 11.7. The zero-order valence-electron chi connectivity index (χ0n) is 10.5. The van der Waals surface area contributed by atoms with Gasteiger partial charge in [0.2, 0.25) is 5.91 Å². The van der Waals surface area contributed by atoms with E-state index in [0.717, 1.165) is 13.0 Å². The number of nitrogens with two attached hydrogens (primary N) is 1. The fraction of sp³-hybridized carbons (Fsp3) is 0.917. The van der Waals surface area contributed by atoms with Crippen LogP contribution in [0.4, 0.5) is 0 Å². The molecule has 0 spiro atoms. The molecule has 1 aliphatic rings. The summed E-state index contributed by atoms with van der Waals surface area (Å²) in [6, 6.07) is 0.455. The maximum Gasteiger partial charge on any atom is 0.222 e. The molecule has 1 fully saturated rings. The van der Waals surface area contributed by atoms with Crippen molar-refractivity contribution in [3.63, 3.8) is 0 Å². The third kappa shape index (κ3) is 4.10. The van der Waals surface area contributed by atoms with Gasteiger partial charge in [0.25, 0.3) is 0 Å². The summed E-state index contributed by atoms with van der Waals surface area (Å²) < 4.78 is 0. The van der Waals surface area contributed by atoms with Crippen molar-refractivity contribution in [2.24, 2.45) is 11.7 Å². The number of likely N-dealkylation sites (tertiary alicyclic amines) is 1. The van der Waals surface area contributed by atoms with Crippen LogP contribution >= 0.6 is 0 Å². The van der Waals surface area contributed by atoms with E-state index in [-0.39, 0.29) is 11.8 Å². The molecule has 0 bridgehead atoms. The molecule has 16 heavy (non-hydrogen) atoms. The molecule has 0 aliphatic carbocycles. The molecule has 4 heteroatoms. The van der Waals surface area contributed by atoms with E-state index in [4.69, 9.17) is 5.73 Å². The van der Waals surface area contributed by atoms with E-state index < -0.39 is 0 Å². The van der Waals surface area contributed by atoms with Gasteiger partial charge < -0.3 is 11.1 Å². The summed E-state index contributed by atoms with van der Waals surface area (Å²) in [5.41, 5.74) is 5.43. The van der Waals surface area contributed by atoms with E-state index >= 15 is 0 Å². The summed E-state index contributed by atoms with van der Waals surface area (Å²) in [6.07, 6.45) is 3.35. The highest BCUT2D eigenvalue weighted by molar-refractivity contribution is 5.78. The molecule has 94 valence electrons. The molecule has 1 aliphatic heterocycles. The zero-order valence-corrected chi connectivity index (χ0v) is 10.5. The smallest absolute Gasteiger partial charge is 0.222 e. The Morgan fingerprint density at radius 1 is 1.38 bits per heavy atom. The molecule has 0 radical (unpaired) electrons. The summed E-state index contributed by atoms with van der Waals surface area (Å²) in [6.45, 7) is 7.80. The third-order valence-electron chi connectivity index (χ3n) is 3.38. The highest BCUT2D eigenvalue weighted by Gasteiger charge is 2.19.